The summed E-state index contributed by atoms with van der Waals surface area (Å²) in [6.45, 7) is 4.85. The van der Waals surface area contributed by atoms with Gasteiger partial charge in [0.1, 0.15) is 0 Å². The molecule has 0 aromatic heterocycles. The van der Waals surface area contributed by atoms with E-state index in [-0.39, 0.29) is 5.91 Å². The first kappa shape index (κ1) is 18.7. The number of aryl methyl sites for hydroxylation is 1. The number of benzene rings is 2. The number of amidine groups is 1. The quantitative estimate of drug-likeness (QED) is 0.599. The van der Waals surface area contributed by atoms with Crippen LogP contribution in [0.1, 0.15) is 31.4 Å². The van der Waals surface area contributed by atoms with Gasteiger partial charge in [-0.05, 0) is 66.1 Å². The lowest BCUT2D eigenvalue weighted by Gasteiger charge is -2.13. The molecule has 0 N–H and O–H groups in total. The van der Waals surface area contributed by atoms with Crippen molar-refractivity contribution in [1.82, 2.24) is 4.90 Å². The summed E-state index contributed by atoms with van der Waals surface area (Å²) in [7, 11) is 0. The standard InChI is InChI=1S/C21H21ClN2OS/c1-3-13-24-20(25)19(14-16-7-5-15(4-2)6-8-16)26-21(24)23-18-11-9-17(22)10-12-18/h5-12,14H,3-4,13H2,1-2H3/b19-14-,23-21?. The largest absolute Gasteiger partial charge is 0.286 e. The van der Waals surface area contributed by atoms with E-state index in [1.807, 2.05) is 18.2 Å². The van der Waals surface area contributed by atoms with Crippen LogP contribution in [0.25, 0.3) is 6.08 Å². The molecule has 0 atom stereocenters. The molecule has 0 unspecified atom stereocenters. The van der Waals surface area contributed by atoms with E-state index in [0.29, 0.717) is 16.5 Å². The number of rotatable bonds is 5. The third kappa shape index (κ3) is 4.37. The maximum Gasteiger partial charge on any atom is 0.266 e. The second-order valence-electron chi connectivity index (χ2n) is 6.03. The van der Waals surface area contributed by atoms with E-state index in [0.717, 1.165) is 29.3 Å². The van der Waals surface area contributed by atoms with Gasteiger partial charge in [0, 0.05) is 11.6 Å². The number of amides is 1. The molecule has 1 fully saturated rings. The molecule has 134 valence electrons. The highest BCUT2D eigenvalue weighted by molar-refractivity contribution is 8.18. The molecule has 3 rings (SSSR count). The van der Waals surface area contributed by atoms with Crippen LogP contribution in [0, 0.1) is 0 Å². The first-order chi connectivity index (χ1) is 12.6. The summed E-state index contributed by atoms with van der Waals surface area (Å²) in [5.74, 6) is 0.0177. The minimum atomic E-state index is 0.0177. The van der Waals surface area contributed by atoms with Gasteiger partial charge >= 0.3 is 0 Å². The van der Waals surface area contributed by atoms with Crippen molar-refractivity contribution in [2.75, 3.05) is 6.54 Å². The van der Waals surface area contributed by atoms with Gasteiger partial charge in [-0.3, -0.25) is 9.69 Å². The Morgan fingerprint density at radius 2 is 1.77 bits per heavy atom. The number of thioether (sulfide) groups is 1. The molecule has 0 saturated carbocycles. The van der Waals surface area contributed by atoms with E-state index in [9.17, 15) is 4.79 Å². The molecule has 1 aliphatic rings. The number of hydrogen-bond donors (Lipinski definition) is 0. The van der Waals surface area contributed by atoms with Crippen LogP contribution < -0.4 is 0 Å². The molecule has 26 heavy (non-hydrogen) atoms. The summed E-state index contributed by atoms with van der Waals surface area (Å²) in [4.78, 5) is 19.9. The van der Waals surface area contributed by atoms with Crippen molar-refractivity contribution in [2.24, 2.45) is 4.99 Å². The summed E-state index contributed by atoms with van der Waals surface area (Å²) in [5.41, 5.74) is 3.11. The number of halogens is 1. The Balaban J connectivity index is 1.89. The lowest BCUT2D eigenvalue weighted by atomic mass is 10.1. The van der Waals surface area contributed by atoms with Crippen molar-refractivity contribution in [3.63, 3.8) is 0 Å². The molecular weight excluding hydrogens is 364 g/mol. The molecule has 0 aliphatic carbocycles. The number of nitrogens with zero attached hydrogens (tertiary/aromatic N) is 2. The lowest BCUT2D eigenvalue weighted by molar-refractivity contribution is -0.122. The van der Waals surface area contributed by atoms with Crippen LogP contribution in [-0.4, -0.2) is 22.5 Å². The summed E-state index contributed by atoms with van der Waals surface area (Å²) >= 11 is 7.36. The van der Waals surface area contributed by atoms with Crippen LogP contribution in [0.4, 0.5) is 5.69 Å². The molecule has 1 amide bonds. The van der Waals surface area contributed by atoms with Crippen molar-refractivity contribution in [3.8, 4) is 0 Å². The van der Waals surface area contributed by atoms with E-state index < -0.39 is 0 Å². The first-order valence-corrected chi connectivity index (χ1v) is 9.94. The Bertz CT molecular complexity index is 841. The molecule has 5 heteroatoms. The third-order valence-corrected chi connectivity index (χ3v) is 5.33. The van der Waals surface area contributed by atoms with Gasteiger partial charge in [0.05, 0.1) is 10.6 Å². The van der Waals surface area contributed by atoms with Gasteiger partial charge in [0.25, 0.3) is 5.91 Å². The third-order valence-electron chi connectivity index (χ3n) is 4.07. The van der Waals surface area contributed by atoms with E-state index in [2.05, 4.69) is 43.1 Å². The number of hydrogen-bond acceptors (Lipinski definition) is 3. The monoisotopic (exact) mass is 384 g/mol. The maximum atomic E-state index is 12.8. The van der Waals surface area contributed by atoms with Crippen LogP contribution in [-0.2, 0) is 11.2 Å². The van der Waals surface area contributed by atoms with Crippen LogP contribution >= 0.6 is 23.4 Å². The molecule has 0 spiro atoms. The highest BCUT2D eigenvalue weighted by Gasteiger charge is 2.32. The van der Waals surface area contributed by atoms with E-state index in [4.69, 9.17) is 11.6 Å². The van der Waals surface area contributed by atoms with Gasteiger partial charge in [0.2, 0.25) is 0 Å². The van der Waals surface area contributed by atoms with Gasteiger partial charge in [-0.1, -0.05) is 49.7 Å². The smallest absolute Gasteiger partial charge is 0.266 e. The molecule has 2 aromatic carbocycles. The first-order valence-electron chi connectivity index (χ1n) is 8.75. The van der Waals surface area contributed by atoms with E-state index in [1.165, 1.54) is 17.3 Å². The molecule has 1 aliphatic heterocycles. The predicted octanol–water partition coefficient (Wildman–Crippen LogP) is 5.92. The Hall–Kier alpha value is -2.04. The summed E-state index contributed by atoms with van der Waals surface area (Å²) < 4.78 is 0. The van der Waals surface area contributed by atoms with Crippen molar-refractivity contribution >= 4 is 46.2 Å². The van der Waals surface area contributed by atoms with Gasteiger partial charge in [-0.15, -0.1) is 0 Å². The normalized spacial score (nSPS) is 17.5. The van der Waals surface area contributed by atoms with Crippen molar-refractivity contribution in [1.29, 1.82) is 0 Å². The molecule has 1 heterocycles. The molecular formula is C21H21ClN2OS. The van der Waals surface area contributed by atoms with E-state index in [1.54, 1.807) is 17.0 Å². The highest BCUT2D eigenvalue weighted by atomic mass is 35.5. The fourth-order valence-corrected chi connectivity index (χ4v) is 3.79. The molecule has 0 radical (unpaired) electrons. The SMILES string of the molecule is CCCN1C(=O)/C(=C/c2ccc(CC)cc2)SC1=Nc1ccc(Cl)cc1. The van der Waals surface area contributed by atoms with Crippen LogP contribution in [0.2, 0.25) is 5.02 Å². The van der Waals surface area contributed by atoms with Crippen LogP contribution in [0.15, 0.2) is 58.4 Å². The zero-order chi connectivity index (χ0) is 18.5. The summed E-state index contributed by atoms with van der Waals surface area (Å²) in [6.07, 6.45) is 3.83. The van der Waals surface area contributed by atoms with Gasteiger partial charge in [0.15, 0.2) is 5.17 Å². The predicted molar refractivity (Wildman–Crippen MR) is 112 cm³/mol. The lowest BCUT2D eigenvalue weighted by Crippen LogP contribution is -2.29. The Morgan fingerprint density at radius 3 is 2.38 bits per heavy atom. The summed E-state index contributed by atoms with van der Waals surface area (Å²) in [5, 5.41) is 1.39. The Labute approximate surface area is 163 Å². The summed E-state index contributed by atoms with van der Waals surface area (Å²) in [6, 6.07) is 15.6. The van der Waals surface area contributed by atoms with Crippen LogP contribution in [0.5, 0.6) is 0 Å². The molecule has 1 saturated heterocycles. The zero-order valence-electron chi connectivity index (χ0n) is 14.9. The van der Waals surface area contributed by atoms with Crippen molar-refractivity contribution < 1.29 is 4.79 Å². The second kappa shape index (κ2) is 8.56. The van der Waals surface area contributed by atoms with Crippen LogP contribution in [0.3, 0.4) is 0 Å². The van der Waals surface area contributed by atoms with E-state index >= 15 is 0 Å². The Kier molecular flexibility index (Phi) is 6.17. The highest BCUT2D eigenvalue weighted by Crippen LogP contribution is 2.34. The van der Waals surface area contributed by atoms with Crippen molar-refractivity contribution in [3.05, 3.63) is 69.6 Å². The average Bonchev–Trinajstić information content (AvgIpc) is 2.93. The topological polar surface area (TPSA) is 32.7 Å². The molecule has 3 nitrogen and oxygen atoms in total. The minimum absolute atomic E-state index is 0.0177. The van der Waals surface area contributed by atoms with Gasteiger partial charge in [-0.2, -0.15) is 0 Å². The fraction of sp³-hybridized carbons (Fsp3) is 0.238. The molecule has 2 aromatic rings. The maximum absolute atomic E-state index is 12.8. The number of aliphatic imine (C=N–C) groups is 1. The number of carbonyl (C=O) groups excluding carboxylic acids is 1. The second-order valence-corrected chi connectivity index (χ2v) is 7.48. The van der Waals surface area contributed by atoms with Gasteiger partial charge in [-0.25, -0.2) is 4.99 Å². The fourth-order valence-electron chi connectivity index (χ4n) is 2.64. The molecule has 0 bridgehead atoms. The van der Waals surface area contributed by atoms with Crippen molar-refractivity contribution in [2.45, 2.75) is 26.7 Å². The average molecular weight is 385 g/mol. The minimum Gasteiger partial charge on any atom is -0.286 e. The van der Waals surface area contributed by atoms with Gasteiger partial charge < -0.3 is 0 Å². The zero-order valence-corrected chi connectivity index (χ0v) is 16.5. The Morgan fingerprint density at radius 1 is 1.08 bits per heavy atom. The number of carbonyl (C=O) groups is 1.